The SMILES string of the molecule is Oc1c2ccccc2cc2ccc(Cl)cc12. The molecule has 0 heterocycles. The minimum atomic E-state index is 0.301. The van der Waals surface area contributed by atoms with Crippen LogP contribution in [0.15, 0.2) is 48.5 Å². The standard InChI is InChI=1S/C14H9ClO/c15-11-6-5-10-7-9-3-1-2-4-12(9)14(16)13(10)8-11/h1-8,16H. The number of rotatable bonds is 0. The molecule has 0 bridgehead atoms. The van der Waals surface area contributed by atoms with Gasteiger partial charge in [0.2, 0.25) is 0 Å². The molecule has 0 aromatic heterocycles. The maximum atomic E-state index is 10.2. The topological polar surface area (TPSA) is 20.2 Å². The van der Waals surface area contributed by atoms with Gasteiger partial charge in [-0.3, -0.25) is 0 Å². The molecule has 16 heavy (non-hydrogen) atoms. The molecule has 0 aliphatic rings. The van der Waals surface area contributed by atoms with E-state index in [1.807, 2.05) is 36.4 Å². The van der Waals surface area contributed by atoms with Crippen LogP contribution in [0.3, 0.4) is 0 Å². The molecule has 1 nitrogen and oxygen atoms in total. The summed E-state index contributed by atoms with van der Waals surface area (Å²) in [6.07, 6.45) is 0. The maximum Gasteiger partial charge on any atom is 0.131 e. The van der Waals surface area contributed by atoms with E-state index in [1.54, 1.807) is 6.07 Å². The van der Waals surface area contributed by atoms with Gasteiger partial charge in [-0.1, -0.05) is 41.9 Å². The van der Waals surface area contributed by atoms with Crippen LogP contribution in [0.1, 0.15) is 0 Å². The van der Waals surface area contributed by atoms with Crippen LogP contribution in [0, 0.1) is 0 Å². The number of fused-ring (bicyclic) bond motifs is 2. The van der Waals surface area contributed by atoms with Gasteiger partial charge in [0.15, 0.2) is 0 Å². The molecule has 1 N–H and O–H groups in total. The van der Waals surface area contributed by atoms with Crippen LogP contribution in [0.5, 0.6) is 5.75 Å². The van der Waals surface area contributed by atoms with E-state index in [-0.39, 0.29) is 0 Å². The zero-order valence-electron chi connectivity index (χ0n) is 8.44. The van der Waals surface area contributed by atoms with E-state index in [2.05, 4.69) is 6.07 Å². The number of phenolic OH excluding ortho intramolecular Hbond substituents is 1. The summed E-state index contributed by atoms with van der Waals surface area (Å²) in [5, 5.41) is 14.5. The third-order valence-corrected chi connectivity index (χ3v) is 3.03. The lowest BCUT2D eigenvalue weighted by molar-refractivity contribution is 0.488. The number of hydrogen-bond acceptors (Lipinski definition) is 1. The molecule has 0 atom stereocenters. The van der Waals surface area contributed by atoms with Gasteiger partial charge in [-0.2, -0.15) is 0 Å². The molecule has 0 radical (unpaired) electrons. The highest BCUT2D eigenvalue weighted by Crippen LogP contribution is 2.34. The fraction of sp³-hybridized carbons (Fsp3) is 0. The van der Waals surface area contributed by atoms with Gasteiger partial charge in [0.25, 0.3) is 0 Å². The first-order valence-electron chi connectivity index (χ1n) is 5.06. The molecule has 78 valence electrons. The van der Waals surface area contributed by atoms with Crippen molar-refractivity contribution in [3.8, 4) is 5.75 Å². The molecule has 3 rings (SSSR count). The Labute approximate surface area is 97.9 Å². The summed E-state index contributed by atoms with van der Waals surface area (Å²) in [7, 11) is 0. The second-order valence-electron chi connectivity index (χ2n) is 3.81. The van der Waals surface area contributed by atoms with Crippen molar-refractivity contribution in [1.82, 2.24) is 0 Å². The molecule has 0 saturated carbocycles. The Morgan fingerprint density at radius 3 is 2.44 bits per heavy atom. The molecule has 0 aliphatic carbocycles. The average Bonchev–Trinajstić information content (AvgIpc) is 2.31. The van der Waals surface area contributed by atoms with Crippen molar-refractivity contribution >= 4 is 33.1 Å². The molecule has 3 aromatic carbocycles. The highest BCUT2D eigenvalue weighted by molar-refractivity contribution is 6.31. The Bertz CT molecular complexity index is 689. The monoisotopic (exact) mass is 228 g/mol. The summed E-state index contributed by atoms with van der Waals surface area (Å²) in [5.41, 5.74) is 0. The largest absolute Gasteiger partial charge is 0.507 e. The Hall–Kier alpha value is -1.73. The van der Waals surface area contributed by atoms with E-state index < -0.39 is 0 Å². The van der Waals surface area contributed by atoms with Crippen LogP contribution >= 0.6 is 11.6 Å². The zero-order chi connectivity index (χ0) is 11.1. The van der Waals surface area contributed by atoms with Crippen molar-refractivity contribution in [2.24, 2.45) is 0 Å². The number of aromatic hydroxyl groups is 1. The van der Waals surface area contributed by atoms with Gasteiger partial charge in [-0.25, -0.2) is 0 Å². The first-order chi connectivity index (χ1) is 7.75. The third kappa shape index (κ3) is 1.33. The van der Waals surface area contributed by atoms with Crippen LogP contribution in [0.4, 0.5) is 0 Å². The fourth-order valence-electron chi connectivity index (χ4n) is 2.01. The van der Waals surface area contributed by atoms with E-state index in [9.17, 15) is 5.11 Å². The van der Waals surface area contributed by atoms with Crippen LogP contribution in [0.25, 0.3) is 21.5 Å². The molecule has 3 aromatic rings. The molecule has 0 saturated heterocycles. The normalized spacial score (nSPS) is 11.1. The van der Waals surface area contributed by atoms with Crippen LogP contribution in [0.2, 0.25) is 5.02 Å². The number of benzene rings is 3. The van der Waals surface area contributed by atoms with Crippen molar-refractivity contribution in [2.75, 3.05) is 0 Å². The van der Waals surface area contributed by atoms with E-state index >= 15 is 0 Å². The van der Waals surface area contributed by atoms with Gasteiger partial charge in [0.1, 0.15) is 5.75 Å². The van der Waals surface area contributed by atoms with Gasteiger partial charge in [0.05, 0.1) is 0 Å². The lowest BCUT2D eigenvalue weighted by Crippen LogP contribution is -1.78. The van der Waals surface area contributed by atoms with E-state index in [1.165, 1.54) is 0 Å². The summed E-state index contributed by atoms with van der Waals surface area (Å²) in [4.78, 5) is 0. The minimum Gasteiger partial charge on any atom is -0.507 e. The van der Waals surface area contributed by atoms with Gasteiger partial charge in [-0.15, -0.1) is 0 Å². The molecule has 0 amide bonds. The van der Waals surface area contributed by atoms with Gasteiger partial charge in [0, 0.05) is 15.8 Å². The summed E-state index contributed by atoms with van der Waals surface area (Å²) < 4.78 is 0. The highest BCUT2D eigenvalue weighted by Gasteiger charge is 2.05. The van der Waals surface area contributed by atoms with Crippen molar-refractivity contribution < 1.29 is 5.11 Å². The van der Waals surface area contributed by atoms with Gasteiger partial charge < -0.3 is 5.11 Å². The highest BCUT2D eigenvalue weighted by atomic mass is 35.5. The first-order valence-corrected chi connectivity index (χ1v) is 5.43. The summed E-state index contributed by atoms with van der Waals surface area (Å²) >= 11 is 5.93. The van der Waals surface area contributed by atoms with Gasteiger partial charge in [-0.05, 0) is 29.0 Å². The van der Waals surface area contributed by atoms with Crippen molar-refractivity contribution in [1.29, 1.82) is 0 Å². The minimum absolute atomic E-state index is 0.301. The van der Waals surface area contributed by atoms with Crippen LogP contribution < -0.4 is 0 Å². The summed E-state index contributed by atoms with van der Waals surface area (Å²) in [6.45, 7) is 0. The fourth-order valence-corrected chi connectivity index (χ4v) is 2.18. The molecule has 0 fully saturated rings. The van der Waals surface area contributed by atoms with Crippen molar-refractivity contribution in [2.45, 2.75) is 0 Å². The Morgan fingerprint density at radius 2 is 1.56 bits per heavy atom. The molecule has 0 spiro atoms. The third-order valence-electron chi connectivity index (χ3n) is 2.80. The Morgan fingerprint density at radius 1 is 0.812 bits per heavy atom. The van der Waals surface area contributed by atoms with E-state index in [0.29, 0.717) is 10.8 Å². The molecular weight excluding hydrogens is 220 g/mol. The Kier molecular flexibility index (Phi) is 2.01. The van der Waals surface area contributed by atoms with Crippen molar-refractivity contribution in [3.05, 3.63) is 53.6 Å². The van der Waals surface area contributed by atoms with Gasteiger partial charge >= 0.3 is 0 Å². The lowest BCUT2D eigenvalue weighted by Gasteiger charge is -2.06. The van der Waals surface area contributed by atoms with Crippen LogP contribution in [-0.2, 0) is 0 Å². The second-order valence-corrected chi connectivity index (χ2v) is 4.25. The number of hydrogen-bond donors (Lipinski definition) is 1. The predicted octanol–water partition coefficient (Wildman–Crippen LogP) is 4.35. The Balaban J connectivity index is 2.56. The van der Waals surface area contributed by atoms with E-state index in [0.717, 1.165) is 21.5 Å². The first kappa shape index (κ1) is 9.49. The number of halogens is 1. The smallest absolute Gasteiger partial charge is 0.131 e. The second kappa shape index (κ2) is 3.39. The molecule has 2 heteroatoms. The number of phenols is 1. The molecular formula is C14H9ClO. The quantitative estimate of drug-likeness (QED) is 0.567. The van der Waals surface area contributed by atoms with Crippen LogP contribution in [-0.4, -0.2) is 5.11 Å². The van der Waals surface area contributed by atoms with Crippen molar-refractivity contribution in [3.63, 3.8) is 0 Å². The maximum absolute atomic E-state index is 10.2. The summed E-state index contributed by atoms with van der Waals surface area (Å²) in [6, 6.07) is 15.4. The predicted molar refractivity (Wildman–Crippen MR) is 68.1 cm³/mol. The molecule has 0 aliphatic heterocycles. The zero-order valence-corrected chi connectivity index (χ0v) is 9.20. The molecule has 0 unspecified atom stereocenters. The average molecular weight is 229 g/mol. The lowest BCUT2D eigenvalue weighted by atomic mass is 10.0. The van der Waals surface area contributed by atoms with E-state index in [4.69, 9.17) is 11.6 Å². The summed E-state index contributed by atoms with van der Waals surface area (Å²) in [5.74, 6) is 0.301.